The topological polar surface area (TPSA) is 109 Å². The average Bonchev–Trinajstić information content (AvgIpc) is 3.20. The third kappa shape index (κ3) is 3.81. The number of benzene rings is 2. The van der Waals surface area contributed by atoms with E-state index in [0.717, 1.165) is 0 Å². The minimum Gasteiger partial charge on any atom is -0.457 e. The van der Waals surface area contributed by atoms with E-state index in [1.165, 1.54) is 36.4 Å². The summed E-state index contributed by atoms with van der Waals surface area (Å²) < 4.78 is 16.0. The summed E-state index contributed by atoms with van der Waals surface area (Å²) in [5.74, 6) is -1.33. The van der Waals surface area contributed by atoms with Gasteiger partial charge in [-0.3, -0.25) is 10.1 Å². The number of hydrogen-bond acceptors (Lipinski definition) is 7. The van der Waals surface area contributed by atoms with Crippen LogP contribution in [-0.2, 0) is 19.1 Å². The molecule has 0 unspecified atom stereocenters. The molecule has 0 radical (unpaired) electrons. The minimum atomic E-state index is -1.13. The van der Waals surface area contributed by atoms with Crippen LogP contribution < -0.4 is 0 Å². The first-order valence-corrected chi connectivity index (χ1v) is 9.03. The highest BCUT2D eigenvalue weighted by atomic mass is 35.5. The number of carbonyl (C=O) groups is 2. The van der Waals surface area contributed by atoms with E-state index in [1.54, 1.807) is 30.3 Å². The maximum absolute atomic E-state index is 12.3. The van der Waals surface area contributed by atoms with Crippen molar-refractivity contribution in [2.45, 2.75) is 6.29 Å². The summed E-state index contributed by atoms with van der Waals surface area (Å²) in [5, 5.41) is 11.2. The average molecular weight is 426 g/mol. The Bertz CT molecular complexity index is 1160. The second kappa shape index (κ2) is 7.84. The van der Waals surface area contributed by atoms with Crippen LogP contribution in [0.15, 0.2) is 70.7 Å². The molecule has 8 nitrogen and oxygen atoms in total. The summed E-state index contributed by atoms with van der Waals surface area (Å²) in [7, 11) is 0. The fraction of sp³-hybridized carbons (Fsp3) is 0.0476. The number of rotatable bonds is 4. The van der Waals surface area contributed by atoms with Gasteiger partial charge in [0.2, 0.25) is 0 Å². The normalized spacial score (nSPS) is 16.0. The van der Waals surface area contributed by atoms with Gasteiger partial charge in [0.15, 0.2) is 0 Å². The SMILES string of the molecule is O=C1OC(c2ccccc2)OC(=O)C1=Cc1ccc(-c2cc([N+](=O)[O-])ccc2Cl)o1. The molecule has 1 fully saturated rings. The minimum absolute atomic E-state index is 0.148. The molecule has 4 rings (SSSR count). The zero-order chi connectivity index (χ0) is 21.3. The number of carbonyl (C=O) groups excluding carboxylic acids is 2. The van der Waals surface area contributed by atoms with E-state index in [9.17, 15) is 19.7 Å². The number of cyclic esters (lactones) is 2. The van der Waals surface area contributed by atoms with Crippen molar-refractivity contribution in [1.82, 2.24) is 0 Å². The van der Waals surface area contributed by atoms with Gasteiger partial charge in [0.25, 0.3) is 12.0 Å². The Morgan fingerprint density at radius 2 is 1.67 bits per heavy atom. The van der Waals surface area contributed by atoms with E-state index in [1.807, 2.05) is 0 Å². The van der Waals surface area contributed by atoms with E-state index in [4.69, 9.17) is 25.5 Å². The molecule has 2 heterocycles. The second-order valence-corrected chi connectivity index (χ2v) is 6.64. The number of esters is 2. The Kier molecular flexibility index (Phi) is 5.07. The van der Waals surface area contributed by atoms with Crippen molar-refractivity contribution < 1.29 is 28.4 Å². The first-order chi connectivity index (χ1) is 14.4. The molecule has 0 atom stereocenters. The lowest BCUT2D eigenvalue weighted by Crippen LogP contribution is -2.29. The molecule has 30 heavy (non-hydrogen) atoms. The van der Waals surface area contributed by atoms with Crippen LogP contribution in [-0.4, -0.2) is 16.9 Å². The third-order valence-electron chi connectivity index (χ3n) is 4.28. The fourth-order valence-corrected chi connectivity index (χ4v) is 3.04. The molecule has 9 heteroatoms. The van der Waals surface area contributed by atoms with Gasteiger partial charge in [-0.15, -0.1) is 0 Å². The van der Waals surface area contributed by atoms with E-state index >= 15 is 0 Å². The number of halogens is 1. The molecule has 3 aromatic rings. The molecule has 0 amide bonds. The van der Waals surface area contributed by atoms with Gasteiger partial charge in [-0.05, 0) is 18.2 Å². The number of non-ortho nitro benzene ring substituents is 1. The van der Waals surface area contributed by atoms with Crippen LogP contribution in [0, 0.1) is 10.1 Å². The number of furan rings is 1. The lowest BCUT2D eigenvalue weighted by molar-refractivity contribution is -0.384. The molecule has 0 saturated carbocycles. The highest BCUT2D eigenvalue weighted by Crippen LogP contribution is 2.34. The van der Waals surface area contributed by atoms with Gasteiger partial charge in [0, 0.05) is 29.3 Å². The van der Waals surface area contributed by atoms with Crippen molar-refractivity contribution in [3.05, 3.63) is 92.7 Å². The molecule has 1 aliphatic heterocycles. The van der Waals surface area contributed by atoms with Gasteiger partial charge < -0.3 is 13.9 Å². The molecule has 0 aliphatic carbocycles. The fourth-order valence-electron chi connectivity index (χ4n) is 2.83. The van der Waals surface area contributed by atoms with Crippen molar-refractivity contribution in [2.24, 2.45) is 0 Å². The molecule has 1 aliphatic rings. The van der Waals surface area contributed by atoms with E-state index in [-0.39, 0.29) is 27.8 Å². The first-order valence-electron chi connectivity index (χ1n) is 8.65. The molecule has 1 saturated heterocycles. The summed E-state index contributed by atoms with van der Waals surface area (Å²) in [5.41, 5.74) is 0.331. The Balaban J connectivity index is 1.59. The highest BCUT2D eigenvalue weighted by Gasteiger charge is 2.34. The second-order valence-electron chi connectivity index (χ2n) is 6.23. The van der Waals surface area contributed by atoms with Gasteiger partial charge in [0.05, 0.1) is 9.95 Å². The van der Waals surface area contributed by atoms with Crippen molar-refractivity contribution in [3.63, 3.8) is 0 Å². The quantitative estimate of drug-likeness (QED) is 0.196. The largest absolute Gasteiger partial charge is 0.457 e. The van der Waals surface area contributed by atoms with E-state index in [2.05, 4.69) is 0 Å². The number of ether oxygens (including phenoxy) is 2. The first kappa shape index (κ1) is 19.4. The zero-order valence-electron chi connectivity index (χ0n) is 15.1. The summed E-state index contributed by atoms with van der Waals surface area (Å²) in [6.45, 7) is 0. The predicted molar refractivity (Wildman–Crippen MR) is 105 cm³/mol. The Hall–Kier alpha value is -3.91. The van der Waals surface area contributed by atoms with Crippen LogP contribution >= 0.6 is 11.6 Å². The molecule has 2 aromatic carbocycles. The summed E-state index contributed by atoms with van der Waals surface area (Å²) in [4.78, 5) is 35.1. The van der Waals surface area contributed by atoms with E-state index in [0.29, 0.717) is 11.1 Å². The van der Waals surface area contributed by atoms with Crippen LogP contribution in [0.4, 0.5) is 5.69 Å². The lowest BCUT2D eigenvalue weighted by atomic mass is 10.1. The number of nitrogens with zero attached hydrogens (tertiary/aromatic N) is 1. The van der Waals surface area contributed by atoms with Crippen molar-refractivity contribution in [1.29, 1.82) is 0 Å². The van der Waals surface area contributed by atoms with Crippen LogP contribution in [0.5, 0.6) is 0 Å². The zero-order valence-corrected chi connectivity index (χ0v) is 15.9. The van der Waals surface area contributed by atoms with Gasteiger partial charge in [-0.25, -0.2) is 9.59 Å². The van der Waals surface area contributed by atoms with Gasteiger partial charge in [-0.2, -0.15) is 0 Å². The molecule has 150 valence electrons. The number of nitro groups is 1. The molecule has 1 aromatic heterocycles. The van der Waals surface area contributed by atoms with Crippen LogP contribution in [0.2, 0.25) is 5.02 Å². The molecular formula is C21H12ClNO7. The predicted octanol–water partition coefficient (Wildman–Crippen LogP) is 4.69. The molecular weight excluding hydrogens is 414 g/mol. The smallest absolute Gasteiger partial charge is 0.349 e. The molecule has 0 bridgehead atoms. The third-order valence-corrected chi connectivity index (χ3v) is 4.61. The van der Waals surface area contributed by atoms with Gasteiger partial charge >= 0.3 is 11.9 Å². The number of hydrogen-bond donors (Lipinski definition) is 0. The maximum atomic E-state index is 12.3. The highest BCUT2D eigenvalue weighted by molar-refractivity contribution is 6.33. The standard InChI is InChI=1S/C21H12ClNO7/c22-17-8-6-13(23(26)27)10-15(17)18-9-7-14(28-18)11-16-19(24)29-21(30-20(16)25)12-4-2-1-3-5-12/h1-11,21H. The van der Waals surface area contributed by atoms with Gasteiger partial charge in [0.1, 0.15) is 17.1 Å². The molecule has 0 spiro atoms. The summed E-state index contributed by atoms with van der Waals surface area (Å²) in [6, 6.07) is 15.5. The van der Waals surface area contributed by atoms with Crippen molar-refractivity contribution in [2.75, 3.05) is 0 Å². The monoisotopic (exact) mass is 425 g/mol. The van der Waals surface area contributed by atoms with E-state index < -0.39 is 23.2 Å². The maximum Gasteiger partial charge on any atom is 0.349 e. The van der Waals surface area contributed by atoms with Crippen molar-refractivity contribution in [3.8, 4) is 11.3 Å². The Labute approximate surface area is 174 Å². The Morgan fingerprint density at radius 3 is 2.33 bits per heavy atom. The van der Waals surface area contributed by atoms with Crippen LogP contribution in [0.3, 0.4) is 0 Å². The van der Waals surface area contributed by atoms with Gasteiger partial charge in [-0.1, -0.05) is 41.9 Å². The summed E-state index contributed by atoms with van der Waals surface area (Å²) in [6.07, 6.45) is 0.0554. The Morgan fingerprint density at radius 1 is 0.967 bits per heavy atom. The lowest BCUT2D eigenvalue weighted by Gasteiger charge is -2.23. The molecule has 0 N–H and O–H groups in total. The van der Waals surface area contributed by atoms with Crippen LogP contribution in [0.25, 0.3) is 17.4 Å². The van der Waals surface area contributed by atoms with Crippen LogP contribution in [0.1, 0.15) is 17.6 Å². The number of nitro benzene ring substituents is 1. The van der Waals surface area contributed by atoms with Crippen molar-refractivity contribution >= 4 is 35.3 Å². The summed E-state index contributed by atoms with van der Waals surface area (Å²) >= 11 is 6.11.